The second-order valence-electron chi connectivity index (χ2n) is 4.28. The van der Waals surface area contributed by atoms with Crippen LogP contribution in [0.25, 0.3) is 0 Å². The lowest BCUT2D eigenvalue weighted by Gasteiger charge is -2.15. The van der Waals surface area contributed by atoms with Crippen LogP contribution in [0, 0.1) is 0 Å². The molecule has 0 saturated heterocycles. The lowest BCUT2D eigenvalue weighted by Crippen LogP contribution is -2.36. The second kappa shape index (κ2) is 7.86. The third-order valence-electron chi connectivity index (χ3n) is 2.60. The summed E-state index contributed by atoms with van der Waals surface area (Å²) in [6.45, 7) is 2.44. The van der Waals surface area contributed by atoms with Gasteiger partial charge < -0.3 is 20.5 Å². The molecule has 0 bridgehead atoms. The summed E-state index contributed by atoms with van der Waals surface area (Å²) in [5.74, 6) is -1.02. The number of carboxylic acid groups (broad SMARTS) is 1. The van der Waals surface area contributed by atoms with Crippen LogP contribution in [0.1, 0.15) is 23.7 Å². The molecule has 0 fully saturated rings. The van der Waals surface area contributed by atoms with Crippen molar-refractivity contribution < 1.29 is 19.4 Å². The molecular weight excluding hydrogens is 328 g/mol. The highest BCUT2D eigenvalue weighted by Gasteiger charge is 2.11. The Kier molecular flexibility index (Phi) is 6.47. The molecule has 0 radical (unpaired) electrons. The van der Waals surface area contributed by atoms with E-state index in [1.165, 1.54) is 18.2 Å². The molecule has 1 unspecified atom stereocenters. The van der Waals surface area contributed by atoms with Gasteiger partial charge in [0, 0.05) is 24.2 Å². The van der Waals surface area contributed by atoms with E-state index in [0.29, 0.717) is 23.2 Å². The highest BCUT2D eigenvalue weighted by atomic mass is 79.9. The number of carbonyl (C=O) groups excluding carboxylic acids is 1. The first-order valence-corrected chi connectivity index (χ1v) is 6.82. The largest absolute Gasteiger partial charge is 0.478 e. The topological polar surface area (TPSA) is 87.7 Å². The molecule has 110 valence electrons. The number of benzene rings is 1. The lowest BCUT2D eigenvalue weighted by atomic mass is 10.2. The van der Waals surface area contributed by atoms with Crippen molar-refractivity contribution in [2.75, 3.05) is 19.0 Å². The standard InChI is InChI=1S/C13H17BrN2O4/c1-8(5-6-20-2)15-13(19)16-11-4-3-9(12(17)18)7-10(11)14/h3-4,7-8H,5-6H2,1-2H3,(H,17,18)(H2,15,16,19). The number of carboxylic acids is 1. The summed E-state index contributed by atoms with van der Waals surface area (Å²) < 4.78 is 5.44. The molecule has 6 nitrogen and oxygen atoms in total. The van der Waals surface area contributed by atoms with Gasteiger partial charge in [-0.25, -0.2) is 9.59 Å². The fourth-order valence-electron chi connectivity index (χ4n) is 1.50. The molecule has 0 saturated carbocycles. The molecule has 3 N–H and O–H groups in total. The molecule has 20 heavy (non-hydrogen) atoms. The van der Waals surface area contributed by atoms with E-state index in [9.17, 15) is 9.59 Å². The number of aromatic carboxylic acids is 1. The molecule has 0 aliphatic rings. The van der Waals surface area contributed by atoms with Gasteiger partial charge in [0.25, 0.3) is 0 Å². The van der Waals surface area contributed by atoms with Crippen LogP contribution in [0.3, 0.4) is 0 Å². The third kappa shape index (κ3) is 5.18. The van der Waals surface area contributed by atoms with Gasteiger partial charge >= 0.3 is 12.0 Å². The van der Waals surface area contributed by atoms with E-state index in [2.05, 4.69) is 26.6 Å². The molecule has 2 amide bonds. The Bertz CT molecular complexity index is 493. The van der Waals surface area contributed by atoms with Crippen molar-refractivity contribution in [3.05, 3.63) is 28.2 Å². The number of hydrogen-bond acceptors (Lipinski definition) is 3. The van der Waals surface area contributed by atoms with E-state index in [4.69, 9.17) is 9.84 Å². The zero-order valence-electron chi connectivity index (χ0n) is 11.3. The van der Waals surface area contributed by atoms with Crippen LogP contribution in [-0.2, 0) is 4.74 Å². The van der Waals surface area contributed by atoms with Crippen molar-refractivity contribution in [1.82, 2.24) is 5.32 Å². The molecule has 0 heterocycles. The van der Waals surface area contributed by atoms with Gasteiger partial charge in [-0.3, -0.25) is 0 Å². The zero-order chi connectivity index (χ0) is 15.1. The quantitative estimate of drug-likeness (QED) is 0.740. The van der Waals surface area contributed by atoms with E-state index in [-0.39, 0.29) is 17.6 Å². The number of nitrogens with one attached hydrogen (secondary N) is 2. The third-order valence-corrected chi connectivity index (χ3v) is 3.25. The van der Waals surface area contributed by atoms with Crippen LogP contribution in [-0.4, -0.2) is 36.9 Å². The summed E-state index contributed by atoms with van der Waals surface area (Å²) in [5, 5.41) is 14.3. The van der Waals surface area contributed by atoms with Crippen LogP contribution in [0.4, 0.5) is 10.5 Å². The Hall–Kier alpha value is -1.60. The normalized spacial score (nSPS) is 11.8. The fourth-order valence-corrected chi connectivity index (χ4v) is 1.98. The minimum absolute atomic E-state index is 0.0213. The Morgan fingerprint density at radius 3 is 2.70 bits per heavy atom. The van der Waals surface area contributed by atoms with Crippen molar-refractivity contribution in [2.24, 2.45) is 0 Å². The number of methoxy groups -OCH3 is 1. The minimum atomic E-state index is -1.02. The highest BCUT2D eigenvalue weighted by molar-refractivity contribution is 9.10. The number of hydrogen-bond donors (Lipinski definition) is 3. The van der Waals surface area contributed by atoms with E-state index >= 15 is 0 Å². The Morgan fingerprint density at radius 2 is 2.15 bits per heavy atom. The van der Waals surface area contributed by atoms with Gasteiger partial charge in [0.2, 0.25) is 0 Å². The van der Waals surface area contributed by atoms with Gasteiger partial charge in [-0.05, 0) is 47.5 Å². The maximum Gasteiger partial charge on any atom is 0.335 e. The predicted molar refractivity (Wildman–Crippen MR) is 79.2 cm³/mol. The maximum absolute atomic E-state index is 11.8. The molecule has 7 heteroatoms. The maximum atomic E-state index is 11.8. The summed E-state index contributed by atoms with van der Waals surface area (Å²) >= 11 is 3.23. The molecule has 1 aromatic carbocycles. The Balaban J connectivity index is 2.60. The number of amides is 2. The molecular formula is C13H17BrN2O4. The predicted octanol–water partition coefficient (Wildman–Crippen LogP) is 2.69. The number of carbonyl (C=O) groups is 2. The zero-order valence-corrected chi connectivity index (χ0v) is 12.9. The number of anilines is 1. The molecule has 0 aliphatic carbocycles. The molecule has 0 aliphatic heterocycles. The van der Waals surface area contributed by atoms with Crippen molar-refractivity contribution in [3.63, 3.8) is 0 Å². The first-order valence-electron chi connectivity index (χ1n) is 6.03. The Labute approximate surface area is 125 Å². The van der Waals surface area contributed by atoms with Gasteiger partial charge in [-0.1, -0.05) is 0 Å². The summed E-state index contributed by atoms with van der Waals surface area (Å²) in [5.41, 5.74) is 0.655. The summed E-state index contributed by atoms with van der Waals surface area (Å²) in [6.07, 6.45) is 0.711. The first kappa shape index (κ1) is 16.5. The SMILES string of the molecule is COCCC(C)NC(=O)Nc1ccc(C(=O)O)cc1Br. The first-order chi connectivity index (χ1) is 9.43. The molecule has 0 aromatic heterocycles. The van der Waals surface area contributed by atoms with Crippen molar-refractivity contribution in [1.29, 1.82) is 0 Å². The highest BCUT2D eigenvalue weighted by Crippen LogP contribution is 2.23. The van der Waals surface area contributed by atoms with E-state index < -0.39 is 5.97 Å². The number of ether oxygens (including phenoxy) is 1. The van der Waals surface area contributed by atoms with Crippen LogP contribution < -0.4 is 10.6 Å². The van der Waals surface area contributed by atoms with Gasteiger partial charge in [0.1, 0.15) is 0 Å². The van der Waals surface area contributed by atoms with Crippen molar-refractivity contribution >= 4 is 33.6 Å². The van der Waals surface area contributed by atoms with Crippen LogP contribution in [0.2, 0.25) is 0 Å². The van der Waals surface area contributed by atoms with E-state index in [1.807, 2.05) is 6.92 Å². The van der Waals surface area contributed by atoms with Gasteiger partial charge in [0.05, 0.1) is 11.3 Å². The summed E-state index contributed by atoms with van der Waals surface area (Å²) in [7, 11) is 1.61. The van der Waals surface area contributed by atoms with E-state index in [0.717, 1.165) is 0 Å². The summed E-state index contributed by atoms with van der Waals surface area (Å²) in [6, 6.07) is 4.03. The van der Waals surface area contributed by atoms with Crippen LogP contribution >= 0.6 is 15.9 Å². The van der Waals surface area contributed by atoms with Gasteiger partial charge in [0.15, 0.2) is 0 Å². The molecule has 1 atom stereocenters. The summed E-state index contributed by atoms with van der Waals surface area (Å²) in [4.78, 5) is 22.6. The Morgan fingerprint density at radius 1 is 1.45 bits per heavy atom. The molecule has 0 spiro atoms. The smallest absolute Gasteiger partial charge is 0.335 e. The fraction of sp³-hybridized carbons (Fsp3) is 0.385. The molecule has 1 rings (SSSR count). The minimum Gasteiger partial charge on any atom is -0.478 e. The second-order valence-corrected chi connectivity index (χ2v) is 5.14. The monoisotopic (exact) mass is 344 g/mol. The average Bonchev–Trinajstić information content (AvgIpc) is 2.38. The number of halogens is 1. The van der Waals surface area contributed by atoms with Crippen LogP contribution in [0.5, 0.6) is 0 Å². The van der Waals surface area contributed by atoms with Crippen molar-refractivity contribution in [2.45, 2.75) is 19.4 Å². The molecule has 1 aromatic rings. The lowest BCUT2D eigenvalue weighted by molar-refractivity contribution is 0.0697. The van der Waals surface area contributed by atoms with Crippen LogP contribution in [0.15, 0.2) is 22.7 Å². The number of urea groups is 1. The number of rotatable bonds is 6. The van der Waals surface area contributed by atoms with E-state index in [1.54, 1.807) is 7.11 Å². The average molecular weight is 345 g/mol. The van der Waals surface area contributed by atoms with Gasteiger partial charge in [-0.2, -0.15) is 0 Å². The van der Waals surface area contributed by atoms with Crippen molar-refractivity contribution in [3.8, 4) is 0 Å². The van der Waals surface area contributed by atoms with Gasteiger partial charge in [-0.15, -0.1) is 0 Å².